The van der Waals surface area contributed by atoms with Gasteiger partial charge in [0.2, 0.25) is 0 Å². The maximum absolute atomic E-state index is 12.3. The van der Waals surface area contributed by atoms with Crippen LogP contribution in [0, 0.1) is 0 Å². The number of benzene rings is 2. The van der Waals surface area contributed by atoms with E-state index < -0.39 is 11.5 Å². The molecule has 0 saturated carbocycles. The van der Waals surface area contributed by atoms with Crippen molar-refractivity contribution < 1.29 is 9.90 Å². The molecule has 22 heavy (non-hydrogen) atoms. The number of rotatable bonds is 4. The van der Waals surface area contributed by atoms with Gasteiger partial charge >= 0.3 is 0 Å². The van der Waals surface area contributed by atoms with Gasteiger partial charge in [0.25, 0.3) is 5.91 Å². The average molecular weight is 294 g/mol. The number of aliphatic hydroxyl groups is 1. The van der Waals surface area contributed by atoms with Crippen LogP contribution in [0.15, 0.2) is 66.9 Å². The topological polar surface area (TPSA) is 54.3 Å². The smallest absolute Gasteiger partial charge is 0.257 e. The van der Waals surface area contributed by atoms with Crippen molar-refractivity contribution in [2.24, 2.45) is 0 Å². The molecule has 4 heteroatoms. The number of fused-ring (bicyclic) bond motifs is 1. The van der Waals surface area contributed by atoms with Gasteiger partial charge in [-0.15, -0.1) is 0 Å². The number of hydrogen-bond donors (Lipinski definition) is 2. The zero-order valence-electron chi connectivity index (χ0n) is 12.4. The van der Waals surface area contributed by atoms with Gasteiger partial charge in [-0.25, -0.2) is 0 Å². The molecule has 2 aromatic carbocycles. The zero-order valence-corrected chi connectivity index (χ0v) is 12.4. The van der Waals surface area contributed by atoms with Gasteiger partial charge in [-0.1, -0.05) is 36.4 Å². The zero-order chi connectivity index (χ0) is 15.6. The summed E-state index contributed by atoms with van der Waals surface area (Å²) < 4.78 is 1.89. The van der Waals surface area contributed by atoms with Crippen LogP contribution in [0.4, 0.5) is 5.69 Å². The van der Waals surface area contributed by atoms with Crippen LogP contribution in [-0.2, 0) is 11.3 Å². The monoisotopic (exact) mass is 294 g/mol. The van der Waals surface area contributed by atoms with Gasteiger partial charge in [-0.05, 0) is 36.6 Å². The van der Waals surface area contributed by atoms with Crippen molar-refractivity contribution in [1.29, 1.82) is 0 Å². The molecule has 1 heterocycles. The highest BCUT2D eigenvalue weighted by atomic mass is 16.3. The maximum atomic E-state index is 12.3. The Morgan fingerprint density at radius 2 is 1.77 bits per heavy atom. The van der Waals surface area contributed by atoms with E-state index in [1.54, 1.807) is 12.1 Å². The van der Waals surface area contributed by atoms with E-state index in [9.17, 15) is 9.90 Å². The lowest BCUT2D eigenvalue weighted by molar-refractivity contribution is -0.133. The number of nitrogens with one attached hydrogen (secondary N) is 1. The molecule has 0 spiro atoms. The van der Waals surface area contributed by atoms with Crippen LogP contribution in [0.3, 0.4) is 0 Å². The van der Waals surface area contributed by atoms with E-state index in [1.807, 2.05) is 59.3 Å². The molecule has 0 aliphatic rings. The Morgan fingerprint density at radius 1 is 1.09 bits per heavy atom. The second-order valence-corrected chi connectivity index (χ2v) is 5.60. The molecule has 4 nitrogen and oxygen atoms in total. The number of hydrogen-bond acceptors (Lipinski definition) is 2. The number of amides is 1. The summed E-state index contributed by atoms with van der Waals surface area (Å²) in [6, 6.07) is 19.0. The van der Waals surface area contributed by atoms with Crippen LogP contribution >= 0.6 is 0 Å². The Bertz CT molecular complexity index is 791. The molecule has 0 fully saturated rings. The van der Waals surface area contributed by atoms with Crippen LogP contribution in [0.1, 0.15) is 6.92 Å². The molecule has 0 bridgehead atoms. The van der Waals surface area contributed by atoms with Crippen molar-refractivity contribution in [3.05, 3.63) is 66.9 Å². The molecular formula is C18H18N2O2. The third-order valence-electron chi connectivity index (χ3n) is 3.68. The fourth-order valence-electron chi connectivity index (χ4n) is 2.47. The Hall–Kier alpha value is -2.59. The molecule has 1 atom stereocenters. The second-order valence-electron chi connectivity index (χ2n) is 5.60. The van der Waals surface area contributed by atoms with E-state index >= 15 is 0 Å². The normalized spacial score (nSPS) is 13.7. The highest BCUT2D eigenvalue weighted by Gasteiger charge is 2.31. The Kier molecular flexibility index (Phi) is 3.69. The summed E-state index contributed by atoms with van der Waals surface area (Å²) in [5.41, 5.74) is 0.165. The van der Waals surface area contributed by atoms with E-state index in [0.717, 1.165) is 10.9 Å². The third kappa shape index (κ3) is 2.87. The highest BCUT2D eigenvalue weighted by Crippen LogP contribution is 2.19. The van der Waals surface area contributed by atoms with Crippen LogP contribution in [0.25, 0.3) is 10.9 Å². The standard InChI is InChI=1S/C18H18N2O2/c1-18(22,17(21)19-15-8-3-2-4-9-15)13-20-12-11-14-7-5-6-10-16(14)20/h2-12,22H,13H2,1H3,(H,19,21). The van der Waals surface area contributed by atoms with Crippen LogP contribution in [-0.4, -0.2) is 21.2 Å². The lowest BCUT2D eigenvalue weighted by Crippen LogP contribution is -2.43. The molecule has 1 unspecified atom stereocenters. The molecule has 1 amide bonds. The van der Waals surface area contributed by atoms with Gasteiger partial charge in [0.15, 0.2) is 5.60 Å². The summed E-state index contributed by atoms with van der Waals surface area (Å²) in [4.78, 5) is 12.3. The molecule has 0 aliphatic carbocycles. The quantitative estimate of drug-likeness (QED) is 0.777. The number of carbonyl (C=O) groups is 1. The molecule has 0 saturated heterocycles. The first-order chi connectivity index (χ1) is 10.6. The fraction of sp³-hybridized carbons (Fsp3) is 0.167. The van der Waals surface area contributed by atoms with Crippen LogP contribution in [0.5, 0.6) is 0 Å². The lowest BCUT2D eigenvalue weighted by atomic mass is 10.1. The van der Waals surface area contributed by atoms with E-state index in [-0.39, 0.29) is 6.54 Å². The summed E-state index contributed by atoms with van der Waals surface area (Å²) in [6.07, 6.45) is 1.88. The van der Waals surface area contributed by atoms with Crippen molar-refractivity contribution >= 4 is 22.5 Å². The maximum Gasteiger partial charge on any atom is 0.257 e. The minimum atomic E-state index is -1.50. The molecular weight excluding hydrogens is 276 g/mol. The van der Waals surface area contributed by atoms with Gasteiger partial charge in [0.05, 0.1) is 6.54 Å². The molecule has 1 aromatic heterocycles. The summed E-state index contributed by atoms with van der Waals surface area (Å²) in [6.45, 7) is 1.72. The molecule has 0 aliphatic heterocycles. The molecule has 3 aromatic rings. The molecule has 112 valence electrons. The minimum absolute atomic E-state index is 0.194. The van der Waals surface area contributed by atoms with Crippen molar-refractivity contribution in [2.75, 3.05) is 5.32 Å². The Balaban J connectivity index is 1.79. The van der Waals surface area contributed by atoms with Gasteiger partial charge in [0.1, 0.15) is 0 Å². The summed E-state index contributed by atoms with van der Waals surface area (Å²) in [5.74, 6) is -0.420. The van der Waals surface area contributed by atoms with E-state index in [2.05, 4.69) is 5.32 Å². The van der Waals surface area contributed by atoms with Gasteiger partial charge in [0, 0.05) is 17.4 Å². The van der Waals surface area contributed by atoms with Crippen molar-refractivity contribution in [1.82, 2.24) is 4.57 Å². The number of nitrogens with zero attached hydrogens (tertiary/aromatic N) is 1. The Labute approximate surface area is 129 Å². The number of carbonyl (C=O) groups excluding carboxylic acids is 1. The number of para-hydroxylation sites is 2. The predicted octanol–water partition coefficient (Wildman–Crippen LogP) is 3.03. The molecule has 2 N–H and O–H groups in total. The van der Waals surface area contributed by atoms with Crippen molar-refractivity contribution in [3.8, 4) is 0 Å². The fourth-order valence-corrected chi connectivity index (χ4v) is 2.47. The largest absolute Gasteiger partial charge is 0.378 e. The second kappa shape index (κ2) is 5.66. The van der Waals surface area contributed by atoms with Crippen LogP contribution < -0.4 is 5.32 Å². The number of aromatic nitrogens is 1. The first kappa shape index (κ1) is 14.4. The van der Waals surface area contributed by atoms with Gasteiger partial charge < -0.3 is 15.0 Å². The lowest BCUT2D eigenvalue weighted by Gasteiger charge is -2.23. The Morgan fingerprint density at radius 3 is 2.55 bits per heavy atom. The first-order valence-electron chi connectivity index (χ1n) is 7.19. The van der Waals surface area contributed by atoms with E-state index in [4.69, 9.17) is 0 Å². The average Bonchev–Trinajstić information content (AvgIpc) is 2.91. The van der Waals surface area contributed by atoms with E-state index in [0.29, 0.717) is 5.69 Å². The third-order valence-corrected chi connectivity index (χ3v) is 3.68. The predicted molar refractivity (Wildman–Crippen MR) is 87.6 cm³/mol. The van der Waals surface area contributed by atoms with Gasteiger partial charge in [-0.3, -0.25) is 4.79 Å². The number of anilines is 1. The van der Waals surface area contributed by atoms with Gasteiger partial charge in [-0.2, -0.15) is 0 Å². The highest BCUT2D eigenvalue weighted by molar-refractivity contribution is 5.96. The minimum Gasteiger partial charge on any atom is -0.378 e. The molecule has 0 radical (unpaired) electrons. The van der Waals surface area contributed by atoms with Crippen molar-refractivity contribution in [3.63, 3.8) is 0 Å². The SMILES string of the molecule is CC(O)(Cn1ccc2ccccc21)C(=O)Nc1ccccc1. The first-order valence-corrected chi connectivity index (χ1v) is 7.19. The molecule has 3 rings (SSSR count). The van der Waals surface area contributed by atoms with Crippen molar-refractivity contribution in [2.45, 2.75) is 19.1 Å². The summed E-state index contributed by atoms with van der Waals surface area (Å²) in [5, 5.41) is 14.4. The van der Waals surface area contributed by atoms with Crippen LogP contribution in [0.2, 0.25) is 0 Å². The summed E-state index contributed by atoms with van der Waals surface area (Å²) in [7, 11) is 0. The van der Waals surface area contributed by atoms with E-state index in [1.165, 1.54) is 6.92 Å². The summed E-state index contributed by atoms with van der Waals surface area (Å²) >= 11 is 0.